The lowest BCUT2D eigenvalue weighted by molar-refractivity contribution is 0.252. The van der Waals surface area contributed by atoms with Crippen LogP contribution in [0.1, 0.15) is 20.8 Å². The van der Waals surface area contributed by atoms with Crippen molar-refractivity contribution in [3.8, 4) is 5.75 Å². The molecule has 0 aliphatic carbocycles. The van der Waals surface area contributed by atoms with E-state index < -0.39 is 8.56 Å². The number of hydrogen-bond donors (Lipinski definition) is 0. The summed E-state index contributed by atoms with van der Waals surface area (Å²) in [6.07, 6.45) is 0. The molecule has 0 aliphatic rings. The molecule has 0 aromatic heterocycles. The molecule has 15 heavy (non-hydrogen) atoms. The average molecular weight is 224 g/mol. The molecule has 0 spiro atoms. The van der Waals surface area contributed by atoms with Crippen LogP contribution in [-0.2, 0) is 4.43 Å². The van der Waals surface area contributed by atoms with Crippen LogP contribution < -0.4 is 4.43 Å². The average Bonchev–Trinajstić information content (AvgIpc) is 2.30. The highest BCUT2D eigenvalue weighted by Crippen LogP contribution is 2.22. The molecule has 3 heteroatoms. The topological polar surface area (TPSA) is 18.5 Å². The summed E-state index contributed by atoms with van der Waals surface area (Å²) in [5.74, 6) is 0.932. The molecule has 1 aromatic carbocycles. The van der Waals surface area contributed by atoms with Gasteiger partial charge in [0.05, 0.1) is 0 Å². The minimum absolute atomic E-state index is 0.737. The maximum absolute atomic E-state index is 6.06. The minimum Gasteiger partial charge on any atom is -0.520 e. The highest BCUT2D eigenvalue weighted by atomic mass is 28.4. The quantitative estimate of drug-likeness (QED) is 0.688. The molecule has 0 N–H and O–H groups in total. The van der Waals surface area contributed by atoms with E-state index in [0.29, 0.717) is 0 Å². The zero-order valence-electron chi connectivity index (χ0n) is 9.82. The maximum atomic E-state index is 6.06. The largest absolute Gasteiger partial charge is 0.520 e. The fourth-order valence-corrected chi connectivity index (χ4v) is 3.94. The summed E-state index contributed by atoms with van der Waals surface area (Å²) in [6, 6.07) is 11.9. The molecule has 0 radical (unpaired) electrons. The Labute approximate surface area is 93.5 Å². The highest BCUT2D eigenvalue weighted by Gasteiger charge is 2.35. The summed E-state index contributed by atoms with van der Waals surface area (Å²) in [5, 5.41) is 0. The first-order valence-electron chi connectivity index (χ1n) is 5.64. The van der Waals surface area contributed by atoms with Gasteiger partial charge in [0.2, 0.25) is 0 Å². The van der Waals surface area contributed by atoms with Crippen LogP contribution in [0.5, 0.6) is 5.75 Å². The normalized spacial score (nSPS) is 11.4. The lowest BCUT2D eigenvalue weighted by atomic mass is 10.3. The van der Waals surface area contributed by atoms with Crippen LogP contribution in [0, 0.1) is 0 Å². The van der Waals surface area contributed by atoms with Crippen molar-refractivity contribution < 1.29 is 8.85 Å². The summed E-state index contributed by atoms with van der Waals surface area (Å²) in [6.45, 7) is 7.06. The SMILES string of the molecule is CCO[Si](CC)(CC)Oc1ccccc1. The van der Waals surface area contributed by atoms with Gasteiger partial charge in [0, 0.05) is 6.61 Å². The summed E-state index contributed by atoms with van der Waals surface area (Å²) in [7, 11) is -1.98. The van der Waals surface area contributed by atoms with Gasteiger partial charge in [-0.1, -0.05) is 32.0 Å². The van der Waals surface area contributed by atoms with Gasteiger partial charge in [-0.15, -0.1) is 0 Å². The van der Waals surface area contributed by atoms with E-state index in [9.17, 15) is 0 Å². The van der Waals surface area contributed by atoms with Gasteiger partial charge >= 0.3 is 8.56 Å². The van der Waals surface area contributed by atoms with Crippen molar-refractivity contribution in [3.05, 3.63) is 30.3 Å². The molecule has 84 valence electrons. The van der Waals surface area contributed by atoms with Gasteiger partial charge in [0.25, 0.3) is 0 Å². The van der Waals surface area contributed by atoms with Crippen LogP contribution in [0.15, 0.2) is 30.3 Å². The van der Waals surface area contributed by atoms with Crippen LogP contribution in [0.2, 0.25) is 12.1 Å². The number of hydrogen-bond acceptors (Lipinski definition) is 2. The van der Waals surface area contributed by atoms with Crippen molar-refractivity contribution in [2.45, 2.75) is 32.9 Å². The Kier molecular flexibility index (Phi) is 4.85. The maximum Gasteiger partial charge on any atom is 0.398 e. The Morgan fingerprint density at radius 1 is 1.00 bits per heavy atom. The molecule has 0 amide bonds. The van der Waals surface area contributed by atoms with Crippen LogP contribution in [0.25, 0.3) is 0 Å². The van der Waals surface area contributed by atoms with E-state index in [1.165, 1.54) is 0 Å². The first-order chi connectivity index (χ1) is 7.26. The van der Waals surface area contributed by atoms with Crippen molar-refractivity contribution in [3.63, 3.8) is 0 Å². The fraction of sp³-hybridized carbons (Fsp3) is 0.500. The predicted molar refractivity (Wildman–Crippen MR) is 65.4 cm³/mol. The van der Waals surface area contributed by atoms with Crippen LogP contribution in [-0.4, -0.2) is 15.2 Å². The van der Waals surface area contributed by atoms with Crippen molar-refractivity contribution in [2.24, 2.45) is 0 Å². The smallest absolute Gasteiger partial charge is 0.398 e. The minimum atomic E-state index is -1.98. The first-order valence-corrected chi connectivity index (χ1v) is 7.87. The second kappa shape index (κ2) is 5.93. The van der Waals surface area contributed by atoms with Gasteiger partial charge in [-0.3, -0.25) is 0 Å². The van der Waals surface area contributed by atoms with Crippen LogP contribution in [0.3, 0.4) is 0 Å². The van der Waals surface area contributed by atoms with Gasteiger partial charge < -0.3 is 8.85 Å². The Morgan fingerprint density at radius 2 is 1.60 bits per heavy atom. The van der Waals surface area contributed by atoms with E-state index in [1.807, 2.05) is 37.3 Å². The molecule has 0 fully saturated rings. The lowest BCUT2D eigenvalue weighted by Crippen LogP contribution is -2.44. The summed E-state index contributed by atoms with van der Waals surface area (Å²) in [4.78, 5) is 0. The molecule has 0 aliphatic heterocycles. The van der Waals surface area contributed by atoms with Crippen LogP contribution >= 0.6 is 0 Å². The molecular formula is C12H20O2Si. The summed E-state index contributed by atoms with van der Waals surface area (Å²) < 4.78 is 11.9. The highest BCUT2D eigenvalue weighted by molar-refractivity contribution is 6.68. The van der Waals surface area contributed by atoms with E-state index in [4.69, 9.17) is 8.85 Å². The van der Waals surface area contributed by atoms with E-state index in [2.05, 4.69) is 13.8 Å². The van der Waals surface area contributed by atoms with Crippen molar-refractivity contribution in [1.29, 1.82) is 0 Å². The monoisotopic (exact) mass is 224 g/mol. The molecular weight excluding hydrogens is 204 g/mol. The predicted octanol–water partition coefficient (Wildman–Crippen LogP) is 3.58. The van der Waals surface area contributed by atoms with Gasteiger partial charge in [0.1, 0.15) is 5.75 Å². The molecule has 0 bridgehead atoms. The third-order valence-electron chi connectivity index (χ3n) is 2.53. The third kappa shape index (κ3) is 3.36. The molecule has 1 aromatic rings. The molecule has 0 saturated carbocycles. The Morgan fingerprint density at radius 3 is 2.07 bits per heavy atom. The molecule has 0 saturated heterocycles. The molecule has 0 atom stereocenters. The molecule has 2 nitrogen and oxygen atoms in total. The second-order valence-corrected chi connectivity index (χ2v) is 7.19. The van der Waals surface area contributed by atoms with E-state index in [0.717, 1.165) is 24.4 Å². The second-order valence-electron chi connectivity index (χ2n) is 3.47. The van der Waals surface area contributed by atoms with E-state index in [-0.39, 0.29) is 0 Å². The zero-order chi connectivity index (χ0) is 11.1. The number of benzene rings is 1. The lowest BCUT2D eigenvalue weighted by Gasteiger charge is -2.28. The van der Waals surface area contributed by atoms with Gasteiger partial charge in [-0.05, 0) is 31.1 Å². The molecule has 1 rings (SSSR count). The van der Waals surface area contributed by atoms with Crippen molar-refractivity contribution in [2.75, 3.05) is 6.61 Å². The Hall–Kier alpha value is -0.803. The van der Waals surface area contributed by atoms with E-state index in [1.54, 1.807) is 0 Å². The molecule has 0 heterocycles. The standard InChI is InChI=1S/C12H20O2Si/c1-4-13-15(5-2,6-3)14-12-10-8-7-9-11-12/h7-11H,4-6H2,1-3H3. The van der Waals surface area contributed by atoms with Gasteiger partial charge in [0.15, 0.2) is 0 Å². The number of para-hydroxylation sites is 1. The van der Waals surface area contributed by atoms with Crippen molar-refractivity contribution >= 4 is 8.56 Å². The summed E-state index contributed by atoms with van der Waals surface area (Å²) >= 11 is 0. The molecule has 0 unspecified atom stereocenters. The first kappa shape index (κ1) is 12.3. The number of rotatable bonds is 6. The Bertz CT molecular complexity index is 270. The van der Waals surface area contributed by atoms with Crippen molar-refractivity contribution in [1.82, 2.24) is 0 Å². The van der Waals surface area contributed by atoms with Crippen LogP contribution in [0.4, 0.5) is 0 Å². The zero-order valence-corrected chi connectivity index (χ0v) is 10.8. The van der Waals surface area contributed by atoms with E-state index >= 15 is 0 Å². The van der Waals surface area contributed by atoms with Gasteiger partial charge in [-0.2, -0.15) is 0 Å². The summed E-state index contributed by atoms with van der Waals surface area (Å²) in [5.41, 5.74) is 0. The Balaban J connectivity index is 2.74. The fourth-order valence-electron chi connectivity index (χ4n) is 1.59. The third-order valence-corrected chi connectivity index (χ3v) is 6.11. The van der Waals surface area contributed by atoms with Gasteiger partial charge in [-0.25, -0.2) is 0 Å².